The second-order valence-electron chi connectivity index (χ2n) is 9.05. The van der Waals surface area contributed by atoms with Gasteiger partial charge in [-0.15, -0.1) is 0 Å². The molecule has 33 heavy (non-hydrogen) atoms. The van der Waals surface area contributed by atoms with Crippen LogP contribution < -0.4 is 10.6 Å². The number of rotatable bonds is 6. The molecule has 0 radical (unpaired) electrons. The summed E-state index contributed by atoms with van der Waals surface area (Å²) in [5.74, 6) is 1.22. The molecule has 1 aliphatic heterocycles. The minimum absolute atomic E-state index is 0.204. The molecule has 7 heteroatoms. The maximum Gasteiger partial charge on any atom is 0.244 e. The molecule has 0 aliphatic carbocycles. The number of likely N-dealkylation sites (tertiary alicyclic amines) is 1. The highest BCUT2D eigenvalue weighted by atomic mass is 19.1. The number of benzene rings is 1. The molecule has 1 aliphatic rings. The van der Waals surface area contributed by atoms with Crippen molar-refractivity contribution in [3.63, 3.8) is 0 Å². The van der Waals surface area contributed by atoms with Gasteiger partial charge in [0.25, 0.3) is 0 Å². The first-order chi connectivity index (χ1) is 15.8. The van der Waals surface area contributed by atoms with E-state index in [1.165, 1.54) is 6.07 Å². The number of anilines is 3. The van der Waals surface area contributed by atoms with E-state index < -0.39 is 11.4 Å². The number of hydrogen-bond donors (Lipinski definition) is 2. The van der Waals surface area contributed by atoms with Crippen molar-refractivity contribution in [1.82, 2.24) is 14.9 Å². The number of aromatic nitrogens is 2. The zero-order valence-corrected chi connectivity index (χ0v) is 19.3. The number of halogens is 1. The van der Waals surface area contributed by atoms with Crippen molar-refractivity contribution in [3.05, 3.63) is 77.9 Å². The molecule has 172 valence electrons. The smallest absolute Gasteiger partial charge is 0.244 e. The summed E-state index contributed by atoms with van der Waals surface area (Å²) in [6.07, 6.45) is 3.54. The third-order valence-corrected chi connectivity index (χ3v) is 6.32. The highest BCUT2D eigenvalue weighted by Gasteiger charge is 2.37. The minimum atomic E-state index is -0.753. The molecule has 0 bridgehead atoms. The Morgan fingerprint density at radius 2 is 1.82 bits per heavy atom. The summed E-state index contributed by atoms with van der Waals surface area (Å²) in [6, 6.07) is 16.4. The van der Waals surface area contributed by atoms with Crippen LogP contribution in [0.2, 0.25) is 0 Å². The number of piperidine rings is 1. The van der Waals surface area contributed by atoms with E-state index in [0.29, 0.717) is 5.92 Å². The van der Waals surface area contributed by atoms with Crippen molar-refractivity contribution in [2.45, 2.75) is 45.1 Å². The highest BCUT2D eigenvalue weighted by molar-refractivity contribution is 5.97. The van der Waals surface area contributed by atoms with Gasteiger partial charge >= 0.3 is 0 Å². The molecule has 1 saturated heterocycles. The molecular formula is C26H30FN5O. The Balaban J connectivity index is 1.38. The summed E-state index contributed by atoms with van der Waals surface area (Å²) >= 11 is 0. The lowest BCUT2D eigenvalue weighted by Crippen LogP contribution is -2.55. The summed E-state index contributed by atoms with van der Waals surface area (Å²) in [7, 11) is 0. The van der Waals surface area contributed by atoms with Gasteiger partial charge in [-0.05, 0) is 88.7 Å². The van der Waals surface area contributed by atoms with Crippen molar-refractivity contribution in [3.8, 4) is 0 Å². The summed E-state index contributed by atoms with van der Waals surface area (Å²) in [5.41, 5.74) is 1.42. The molecule has 4 rings (SSSR count). The fourth-order valence-electron chi connectivity index (χ4n) is 4.20. The number of pyridine rings is 2. The van der Waals surface area contributed by atoms with Crippen LogP contribution in [0, 0.1) is 12.7 Å². The molecule has 0 atom stereocenters. The van der Waals surface area contributed by atoms with E-state index >= 15 is 0 Å². The van der Waals surface area contributed by atoms with Crippen molar-refractivity contribution in [1.29, 1.82) is 0 Å². The second kappa shape index (κ2) is 9.67. The van der Waals surface area contributed by atoms with E-state index in [2.05, 4.69) is 26.6 Å². The molecule has 0 saturated carbocycles. The third kappa shape index (κ3) is 5.37. The number of carbonyl (C=O) groups excluding carboxylic acids is 1. The Labute approximate surface area is 194 Å². The molecular weight excluding hydrogens is 417 g/mol. The van der Waals surface area contributed by atoms with Crippen LogP contribution in [0.5, 0.6) is 0 Å². The summed E-state index contributed by atoms with van der Waals surface area (Å²) in [5, 5.41) is 6.03. The fourth-order valence-corrected chi connectivity index (χ4v) is 4.20. The van der Waals surface area contributed by atoms with Gasteiger partial charge in [0.1, 0.15) is 17.5 Å². The van der Waals surface area contributed by atoms with Crippen LogP contribution in [0.25, 0.3) is 0 Å². The summed E-state index contributed by atoms with van der Waals surface area (Å²) in [4.78, 5) is 24.3. The van der Waals surface area contributed by atoms with E-state index in [1.54, 1.807) is 18.3 Å². The topological polar surface area (TPSA) is 70.2 Å². The van der Waals surface area contributed by atoms with Crippen LogP contribution in [0.3, 0.4) is 0 Å². The summed E-state index contributed by atoms with van der Waals surface area (Å²) < 4.78 is 14.1. The average molecular weight is 448 g/mol. The van der Waals surface area contributed by atoms with Crippen molar-refractivity contribution >= 4 is 23.2 Å². The Kier molecular flexibility index (Phi) is 6.70. The predicted octanol–water partition coefficient (Wildman–Crippen LogP) is 5.26. The molecule has 1 aromatic carbocycles. The first-order valence-electron chi connectivity index (χ1n) is 11.3. The summed E-state index contributed by atoms with van der Waals surface area (Å²) in [6.45, 7) is 7.19. The molecule has 3 aromatic rings. The predicted molar refractivity (Wildman–Crippen MR) is 129 cm³/mol. The molecule has 0 spiro atoms. The standard InChI is InChI=1S/C26H30FN5O/c1-18-10-11-20(27)22(17-18)30-25(33)26(2,3)32-15-12-19(13-16-32)21-7-6-9-24(29-21)31-23-8-4-5-14-28-23/h4-11,14,17,19H,12-13,15-16H2,1-3H3,(H,30,33)(H,28,29,31). The first kappa shape index (κ1) is 22.9. The highest BCUT2D eigenvalue weighted by Crippen LogP contribution is 2.32. The van der Waals surface area contributed by atoms with Gasteiger partial charge in [0.2, 0.25) is 5.91 Å². The fraction of sp³-hybridized carbons (Fsp3) is 0.346. The monoisotopic (exact) mass is 447 g/mol. The van der Waals surface area contributed by atoms with Gasteiger partial charge in [-0.25, -0.2) is 14.4 Å². The number of nitrogens with one attached hydrogen (secondary N) is 2. The van der Waals surface area contributed by atoms with Crippen LogP contribution in [0.1, 0.15) is 43.9 Å². The number of amides is 1. The van der Waals surface area contributed by atoms with Crippen molar-refractivity contribution < 1.29 is 9.18 Å². The van der Waals surface area contributed by atoms with Crippen molar-refractivity contribution in [2.75, 3.05) is 23.7 Å². The van der Waals surface area contributed by atoms with Gasteiger partial charge < -0.3 is 10.6 Å². The van der Waals surface area contributed by atoms with Gasteiger partial charge in [0.15, 0.2) is 0 Å². The maximum absolute atomic E-state index is 14.1. The molecule has 6 nitrogen and oxygen atoms in total. The molecule has 0 unspecified atom stereocenters. The quantitative estimate of drug-likeness (QED) is 0.539. The van der Waals surface area contributed by atoms with E-state index in [4.69, 9.17) is 4.98 Å². The zero-order valence-electron chi connectivity index (χ0n) is 19.3. The lowest BCUT2D eigenvalue weighted by molar-refractivity contribution is -0.127. The number of hydrogen-bond acceptors (Lipinski definition) is 5. The number of nitrogens with zero attached hydrogens (tertiary/aromatic N) is 3. The zero-order chi connectivity index (χ0) is 23.4. The molecule has 3 heterocycles. The Bertz CT molecular complexity index is 1110. The minimum Gasteiger partial charge on any atom is -0.325 e. The Hall–Kier alpha value is -3.32. The lowest BCUT2D eigenvalue weighted by atomic mass is 9.89. The van der Waals surface area contributed by atoms with Gasteiger partial charge in [0, 0.05) is 17.8 Å². The van der Waals surface area contributed by atoms with Gasteiger partial charge in [-0.3, -0.25) is 9.69 Å². The largest absolute Gasteiger partial charge is 0.325 e. The van der Waals surface area contributed by atoms with Crippen LogP contribution in [-0.2, 0) is 4.79 Å². The third-order valence-electron chi connectivity index (χ3n) is 6.32. The van der Waals surface area contributed by atoms with Gasteiger partial charge in [-0.1, -0.05) is 18.2 Å². The van der Waals surface area contributed by atoms with Crippen LogP contribution in [-0.4, -0.2) is 39.4 Å². The average Bonchev–Trinajstić information content (AvgIpc) is 2.82. The lowest BCUT2D eigenvalue weighted by Gasteiger charge is -2.41. The van der Waals surface area contributed by atoms with E-state index in [9.17, 15) is 9.18 Å². The molecule has 2 aromatic heterocycles. The second-order valence-corrected chi connectivity index (χ2v) is 9.05. The SMILES string of the molecule is Cc1ccc(F)c(NC(=O)C(C)(C)N2CCC(c3cccc(Nc4ccccn4)n3)CC2)c1. The van der Waals surface area contributed by atoms with Crippen LogP contribution in [0.4, 0.5) is 21.7 Å². The van der Waals surface area contributed by atoms with Crippen molar-refractivity contribution in [2.24, 2.45) is 0 Å². The van der Waals surface area contributed by atoms with E-state index in [0.717, 1.165) is 48.8 Å². The van der Waals surface area contributed by atoms with E-state index in [1.807, 2.05) is 51.1 Å². The number of carbonyl (C=O) groups is 1. The number of aryl methyl sites for hydroxylation is 1. The molecule has 1 fully saturated rings. The molecule has 1 amide bonds. The van der Waals surface area contributed by atoms with Gasteiger partial charge in [-0.2, -0.15) is 0 Å². The van der Waals surface area contributed by atoms with Crippen LogP contribution >= 0.6 is 0 Å². The maximum atomic E-state index is 14.1. The normalized spacial score (nSPS) is 15.3. The Morgan fingerprint density at radius 1 is 1.06 bits per heavy atom. The van der Waals surface area contributed by atoms with E-state index in [-0.39, 0.29) is 11.6 Å². The molecule has 2 N–H and O–H groups in total. The first-order valence-corrected chi connectivity index (χ1v) is 11.3. The van der Waals surface area contributed by atoms with Crippen LogP contribution in [0.15, 0.2) is 60.8 Å². The Morgan fingerprint density at radius 3 is 2.55 bits per heavy atom. The van der Waals surface area contributed by atoms with Gasteiger partial charge in [0.05, 0.1) is 11.2 Å².